The van der Waals surface area contributed by atoms with Crippen molar-refractivity contribution in [3.63, 3.8) is 0 Å². The second kappa shape index (κ2) is 4.53. The largest absolute Gasteiger partial charge is 0.367 e. The fourth-order valence-electron chi connectivity index (χ4n) is 2.00. The highest BCUT2D eigenvalue weighted by Gasteiger charge is 2.30. The third-order valence-corrected chi connectivity index (χ3v) is 3.04. The molecule has 2 unspecified atom stereocenters. The molecule has 1 fully saturated rings. The molecule has 17 heavy (non-hydrogen) atoms. The van der Waals surface area contributed by atoms with Gasteiger partial charge in [0.25, 0.3) is 0 Å². The van der Waals surface area contributed by atoms with Gasteiger partial charge in [-0.15, -0.1) is 0 Å². The summed E-state index contributed by atoms with van der Waals surface area (Å²) in [4.78, 5) is 11.9. The fraction of sp³-hybridized carbons (Fsp3) is 0.462. The van der Waals surface area contributed by atoms with E-state index in [9.17, 15) is 13.6 Å². The molecule has 4 heteroatoms. The topological polar surface area (TPSA) is 26.3 Å². The van der Waals surface area contributed by atoms with Gasteiger partial charge in [0.05, 0.1) is 11.7 Å². The van der Waals surface area contributed by atoms with Crippen LogP contribution < -0.4 is 0 Å². The van der Waals surface area contributed by atoms with Crippen molar-refractivity contribution in [3.8, 4) is 0 Å². The predicted octanol–water partition coefficient (Wildman–Crippen LogP) is 3.02. The van der Waals surface area contributed by atoms with Crippen LogP contribution in [0, 0.1) is 18.6 Å². The van der Waals surface area contributed by atoms with Crippen molar-refractivity contribution in [2.75, 3.05) is 0 Å². The van der Waals surface area contributed by atoms with Gasteiger partial charge in [-0.2, -0.15) is 0 Å². The molecule has 1 saturated heterocycles. The van der Waals surface area contributed by atoms with Gasteiger partial charge >= 0.3 is 0 Å². The van der Waals surface area contributed by atoms with E-state index in [0.29, 0.717) is 6.42 Å². The molecule has 1 heterocycles. The smallest absolute Gasteiger partial charge is 0.194 e. The lowest BCUT2D eigenvalue weighted by Gasteiger charge is -2.11. The summed E-state index contributed by atoms with van der Waals surface area (Å²) in [7, 11) is 0. The number of ketones is 1. The van der Waals surface area contributed by atoms with Crippen LogP contribution in [0.2, 0.25) is 0 Å². The number of carbonyl (C=O) groups is 1. The van der Waals surface area contributed by atoms with Crippen LogP contribution in [0.1, 0.15) is 35.7 Å². The Hall–Kier alpha value is -1.29. The number of hydrogen-bond donors (Lipinski definition) is 0. The summed E-state index contributed by atoms with van der Waals surface area (Å²) in [6.45, 7) is 3.32. The monoisotopic (exact) mass is 240 g/mol. The van der Waals surface area contributed by atoms with Gasteiger partial charge in [0.15, 0.2) is 5.78 Å². The summed E-state index contributed by atoms with van der Waals surface area (Å²) in [5.74, 6) is -1.72. The van der Waals surface area contributed by atoms with Crippen LogP contribution in [0.3, 0.4) is 0 Å². The van der Waals surface area contributed by atoms with Gasteiger partial charge in [0, 0.05) is 0 Å². The van der Waals surface area contributed by atoms with E-state index in [2.05, 4.69) is 0 Å². The van der Waals surface area contributed by atoms with Crippen molar-refractivity contribution in [2.24, 2.45) is 0 Å². The Kier molecular flexibility index (Phi) is 3.24. The Morgan fingerprint density at radius 3 is 2.59 bits per heavy atom. The highest BCUT2D eigenvalue weighted by molar-refractivity contribution is 5.99. The molecule has 0 radical (unpaired) electrons. The number of rotatable bonds is 2. The summed E-state index contributed by atoms with van der Waals surface area (Å²) >= 11 is 0. The minimum absolute atomic E-state index is 0.00214. The Bertz CT molecular complexity index is 457. The summed E-state index contributed by atoms with van der Waals surface area (Å²) in [6.07, 6.45) is 0.699. The van der Waals surface area contributed by atoms with Gasteiger partial charge in [0.2, 0.25) is 0 Å². The average molecular weight is 240 g/mol. The van der Waals surface area contributed by atoms with Gasteiger partial charge in [0.1, 0.15) is 17.7 Å². The highest BCUT2D eigenvalue weighted by atomic mass is 19.1. The summed E-state index contributed by atoms with van der Waals surface area (Å²) in [5.41, 5.74) is -0.0213. The van der Waals surface area contributed by atoms with Crippen molar-refractivity contribution < 1.29 is 18.3 Å². The maximum Gasteiger partial charge on any atom is 0.194 e. The number of ether oxygens (including phenoxy) is 1. The van der Waals surface area contributed by atoms with Crippen LogP contribution in [-0.4, -0.2) is 18.0 Å². The van der Waals surface area contributed by atoms with Crippen molar-refractivity contribution in [2.45, 2.75) is 38.9 Å². The van der Waals surface area contributed by atoms with Crippen LogP contribution in [-0.2, 0) is 4.74 Å². The Morgan fingerprint density at radius 1 is 1.29 bits per heavy atom. The number of carbonyl (C=O) groups excluding carboxylic acids is 1. The van der Waals surface area contributed by atoms with Crippen molar-refractivity contribution in [1.82, 2.24) is 0 Å². The first-order valence-electron chi connectivity index (χ1n) is 5.64. The molecular weight excluding hydrogens is 226 g/mol. The number of hydrogen-bond acceptors (Lipinski definition) is 2. The molecule has 2 rings (SSSR count). The molecule has 1 aliphatic rings. The first kappa shape index (κ1) is 12.2. The number of halogens is 2. The molecule has 1 aromatic carbocycles. The van der Waals surface area contributed by atoms with E-state index >= 15 is 0 Å². The van der Waals surface area contributed by atoms with E-state index in [1.165, 1.54) is 6.92 Å². The third kappa shape index (κ3) is 2.36. The number of aryl methyl sites for hydroxylation is 1. The van der Waals surface area contributed by atoms with Crippen molar-refractivity contribution >= 4 is 5.78 Å². The lowest BCUT2D eigenvalue weighted by molar-refractivity contribution is 0.0429. The van der Waals surface area contributed by atoms with E-state index in [0.717, 1.165) is 18.6 Å². The molecular formula is C13H14F2O2. The SMILES string of the molecule is Cc1cc(F)c(C(=O)C2CCC(C)O2)cc1F. The molecule has 0 bridgehead atoms. The van der Waals surface area contributed by atoms with Gasteiger partial charge in [-0.05, 0) is 44.4 Å². The summed E-state index contributed by atoms with van der Waals surface area (Å²) in [5, 5.41) is 0. The van der Waals surface area contributed by atoms with E-state index in [1.54, 1.807) is 0 Å². The van der Waals surface area contributed by atoms with E-state index in [4.69, 9.17) is 4.74 Å². The Balaban J connectivity index is 2.28. The first-order chi connectivity index (χ1) is 7.99. The molecule has 0 aromatic heterocycles. The Labute approximate surface area is 98.6 Å². The van der Waals surface area contributed by atoms with Crippen LogP contribution in [0.5, 0.6) is 0 Å². The summed E-state index contributed by atoms with van der Waals surface area (Å²) < 4.78 is 32.3. The zero-order chi connectivity index (χ0) is 12.6. The molecule has 0 saturated carbocycles. The molecule has 0 spiro atoms. The van der Waals surface area contributed by atoms with Crippen molar-refractivity contribution in [1.29, 1.82) is 0 Å². The maximum absolute atomic E-state index is 13.6. The first-order valence-corrected chi connectivity index (χ1v) is 5.64. The summed E-state index contributed by atoms with van der Waals surface area (Å²) in [6, 6.07) is 2.00. The van der Waals surface area contributed by atoms with E-state index < -0.39 is 23.5 Å². The molecule has 92 valence electrons. The van der Waals surface area contributed by atoms with Gasteiger partial charge in [-0.1, -0.05) is 0 Å². The molecule has 0 N–H and O–H groups in total. The minimum Gasteiger partial charge on any atom is -0.367 e. The molecule has 1 aromatic rings. The van der Waals surface area contributed by atoms with Crippen LogP contribution in [0.15, 0.2) is 12.1 Å². The standard InChI is InChI=1S/C13H14F2O2/c1-7-5-11(15)9(6-10(7)14)13(16)12-4-3-8(2)17-12/h5-6,8,12H,3-4H2,1-2H3. The van der Waals surface area contributed by atoms with E-state index in [1.807, 2.05) is 6.92 Å². The number of benzene rings is 1. The second-order valence-electron chi connectivity index (χ2n) is 4.46. The average Bonchev–Trinajstić information content (AvgIpc) is 2.69. The maximum atomic E-state index is 13.6. The van der Waals surface area contributed by atoms with Gasteiger partial charge in [-0.25, -0.2) is 8.78 Å². The lowest BCUT2D eigenvalue weighted by Crippen LogP contribution is -2.22. The molecule has 2 nitrogen and oxygen atoms in total. The molecule has 1 aliphatic heterocycles. The zero-order valence-electron chi connectivity index (χ0n) is 9.80. The normalized spacial score (nSPS) is 24.0. The Morgan fingerprint density at radius 2 is 2.00 bits per heavy atom. The van der Waals surface area contributed by atoms with Gasteiger partial charge in [-0.3, -0.25) is 4.79 Å². The van der Waals surface area contributed by atoms with Crippen molar-refractivity contribution in [3.05, 3.63) is 34.9 Å². The highest BCUT2D eigenvalue weighted by Crippen LogP contribution is 2.24. The third-order valence-electron chi connectivity index (χ3n) is 3.04. The van der Waals surface area contributed by atoms with E-state index in [-0.39, 0.29) is 17.2 Å². The molecule has 0 aliphatic carbocycles. The second-order valence-corrected chi connectivity index (χ2v) is 4.46. The van der Waals surface area contributed by atoms with Crippen LogP contribution in [0.4, 0.5) is 8.78 Å². The van der Waals surface area contributed by atoms with Crippen LogP contribution >= 0.6 is 0 Å². The molecule has 2 atom stereocenters. The quantitative estimate of drug-likeness (QED) is 0.743. The lowest BCUT2D eigenvalue weighted by atomic mass is 10.0. The predicted molar refractivity (Wildman–Crippen MR) is 59.0 cm³/mol. The van der Waals surface area contributed by atoms with Gasteiger partial charge < -0.3 is 4.74 Å². The number of Topliss-reactive ketones (excluding diaryl/α,β-unsaturated/α-hetero) is 1. The van der Waals surface area contributed by atoms with Crippen LogP contribution in [0.25, 0.3) is 0 Å². The fourth-order valence-corrected chi connectivity index (χ4v) is 2.00. The molecule has 0 amide bonds. The zero-order valence-corrected chi connectivity index (χ0v) is 9.80. The minimum atomic E-state index is -0.683.